The maximum absolute atomic E-state index is 8.88. The predicted octanol–water partition coefficient (Wildman–Crippen LogP) is 2.48. The minimum atomic E-state index is -4.64. The van der Waals surface area contributed by atoms with E-state index in [-0.39, 0.29) is 0 Å². The van der Waals surface area contributed by atoms with Gasteiger partial charge in [-0.1, -0.05) is 59.3 Å². The van der Waals surface area contributed by atoms with Crippen LogP contribution in [0.3, 0.4) is 0 Å². The van der Waals surface area contributed by atoms with Gasteiger partial charge in [0.05, 0.1) is 0 Å². The SMILES string of the molecule is CCCCCN.CCCCCN.CCCCCN.O=P(O)(O)O. The van der Waals surface area contributed by atoms with Crippen LogP contribution in [-0.2, 0) is 4.57 Å². The van der Waals surface area contributed by atoms with E-state index in [1.807, 2.05) is 0 Å². The lowest BCUT2D eigenvalue weighted by atomic mass is 10.3. The first-order valence-corrected chi connectivity index (χ1v) is 10.2. The molecule has 0 aliphatic carbocycles. The topological polar surface area (TPSA) is 156 Å². The largest absolute Gasteiger partial charge is 0.466 e. The zero-order chi connectivity index (χ0) is 19.0. The Hall–Kier alpha value is -0.0100. The van der Waals surface area contributed by atoms with E-state index in [0.717, 1.165) is 19.6 Å². The molecule has 0 fully saturated rings. The maximum atomic E-state index is 8.88. The van der Waals surface area contributed by atoms with Gasteiger partial charge in [-0.3, -0.25) is 0 Å². The van der Waals surface area contributed by atoms with Crippen molar-refractivity contribution in [3.8, 4) is 0 Å². The lowest BCUT2D eigenvalue weighted by molar-refractivity contribution is 0.275. The molecule has 146 valence electrons. The fourth-order valence-electron chi connectivity index (χ4n) is 1.18. The van der Waals surface area contributed by atoms with E-state index in [1.165, 1.54) is 57.8 Å². The minimum Gasteiger partial charge on any atom is -0.330 e. The quantitative estimate of drug-likeness (QED) is 0.273. The molecule has 0 heterocycles. The molecule has 0 aromatic rings. The fourth-order valence-corrected chi connectivity index (χ4v) is 1.18. The summed E-state index contributed by atoms with van der Waals surface area (Å²) in [5.41, 5.74) is 15.6. The van der Waals surface area contributed by atoms with Gasteiger partial charge in [0, 0.05) is 0 Å². The molecule has 0 rings (SSSR count). The van der Waals surface area contributed by atoms with Crippen molar-refractivity contribution < 1.29 is 19.2 Å². The average Bonchev–Trinajstić information content (AvgIpc) is 2.48. The first-order valence-electron chi connectivity index (χ1n) is 8.63. The van der Waals surface area contributed by atoms with Gasteiger partial charge in [0.1, 0.15) is 0 Å². The number of hydrogen-bond donors (Lipinski definition) is 6. The molecule has 0 bridgehead atoms. The highest BCUT2D eigenvalue weighted by Crippen LogP contribution is 2.25. The fraction of sp³-hybridized carbons (Fsp3) is 1.00. The van der Waals surface area contributed by atoms with E-state index >= 15 is 0 Å². The van der Waals surface area contributed by atoms with Crippen molar-refractivity contribution in [2.75, 3.05) is 19.6 Å². The molecule has 0 aliphatic rings. The summed E-state index contributed by atoms with van der Waals surface area (Å²) in [5, 5.41) is 0. The Kier molecular flexibility index (Phi) is 40.1. The molecule has 0 aromatic carbocycles. The van der Waals surface area contributed by atoms with Crippen molar-refractivity contribution in [2.45, 2.75) is 78.6 Å². The van der Waals surface area contributed by atoms with E-state index in [0.29, 0.717) is 0 Å². The first kappa shape index (κ1) is 30.8. The number of rotatable bonds is 9. The van der Waals surface area contributed by atoms with E-state index < -0.39 is 7.82 Å². The van der Waals surface area contributed by atoms with Crippen LogP contribution < -0.4 is 17.2 Å². The molecule has 0 saturated carbocycles. The summed E-state index contributed by atoms with van der Waals surface area (Å²) in [4.78, 5) is 21.6. The van der Waals surface area contributed by atoms with Gasteiger partial charge in [-0.15, -0.1) is 0 Å². The molecule has 9 N–H and O–H groups in total. The highest BCUT2D eigenvalue weighted by Gasteiger charge is 2.00. The summed E-state index contributed by atoms with van der Waals surface area (Å²) in [6.45, 7) is 9.09. The van der Waals surface area contributed by atoms with E-state index in [9.17, 15) is 0 Å². The van der Waals surface area contributed by atoms with Gasteiger partial charge < -0.3 is 31.9 Å². The number of unbranched alkanes of at least 4 members (excludes halogenated alkanes) is 6. The maximum Gasteiger partial charge on any atom is 0.466 e. The molecule has 0 spiro atoms. The molecule has 0 aliphatic heterocycles. The third kappa shape index (κ3) is 109. The summed E-state index contributed by atoms with van der Waals surface area (Å²) in [6.07, 6.45) is 11.3. The third-order valence-electron chi connectivity index (χ3n) is 2.42. The second-order valence-electron chi connectivity index (χ2n) is 5.00. The molecule has 0 unspecified atom stereocenters. The number of hydrogen-bond acceptors (Lipinski definition) is 4. The Morgan fingerprint density at radius 1 is 0.609 bits per heavy atom. The molecule has 8 heteroatoms. The van der Waals surface area contributed by atoms with Crippen molar-refractivity contribution in [3.63, 3.8) is 0 Å². The smallest absolute Gasteiger partial charge is 0.330 e. The summed E-state index contributed by atoms with van der Waals surface area (Å²) >= 11 is 0. The lowest BCUT2D eigenvalue weighted by Crippen LogP contribution is -1.96. The van der Waals surface area contributed by atoms with Crippen molar-refractivity contribution in [2.24, 2.45) is 17.2 Å². The standard InChI is InChI=1S/3C5H13N.H3O4P/c3*1-2-3-4-5-6;1-5(2,3)4/h3*2-6H2,1H3;(H3,1,2,3,4). The van der Waals surface area contributed by atoms with Crippen LogP contribution in [0.2, 0.25) is 0 Å². The molecule has 0 atom stereocenters. The van der Waals surface area contributed by atoms with Gasteiger partial charge in [0.25, 0.3) is 0 Å². The van der Waals surface area contributed by atoms with Crippen LogP contribution in [0.4, 0.5) is 0 Å². The Morgan fingerprint density at radius 3 is 0.826 bits per heavy atom. The summed E-state index contributed by atoms with van der Waals surface area (Å²) in [6, 6.07) is 0. The summed E-state index contributed by atoms with van der Waals surface area (Å²) in [5.74, 6) is 0. The van der Waals surface area contributed by atoms with Crippen LogP contribution in [0.1, 0.15) is 78.6 Å². The van der Waals surface area contributed by atoms with Crippen LogP contribution >= 0.6 is 7.82 Å². The molecule has 0 amide bonds. The number of nitrogens with two attached hydrogens (primary N) is 3. The molecule has 0 saturated heterocycles. The van der Waals surface area contributed by atoms with Gasteiger partial charge in [-0.05, 0) is 38.9 Å². The lowest BCUT2D eigenvalue weighted by Gasteiger charge is -1.86. The Morgan fingerprint density at radius 2 is 0.783 bits per heavy atom. The van der Waals surface area contributed by atoms with Crippen LogP contribution in [-0.4, -0.2) is 34.3 Å². The predicted molar refractivity (Wildman–Crippen MR) is 100 cm³/mol. The highest BCUT2D eigenvalue weighted by molar-refractivity contribution is 7.45. The van der Waals surface area contributed by atoms with Gasteiger partial charge in [0.2, 0.25) is 0 Å². The zero-order valence-electron chi connectivity index (χ0n) is 15.4. The normalized spacial score (nSPS) is 9.61. The minimum absolute atomic E-state index is 0.855. The van der Waals surface area contributed by atoms with Gasteiger partial charge in [0.15, 0.2) is 0 Å². The number of phosphoric acid groups is 1. The summed E-state index contributed by atoms with van der Waals surface area (Å²) < 4.78 is 8.88. The average molecular weight is 359 g/mol. The van der Waals surface area contributed by atoms with Crippen molar-refractivity contribution >= 4 is 7.82 Å². The third-order valence-corrected chi connectivity index (χ3v) is 2.42. The first-order chi connectivity index (χ1) is 10.7. The van der Waals surface area contributed by atoms with Crippen LogP contribution in [0.5, 0.6) is 0 Å². The van der Waals surface area contributed by atoms with Crippen LogP contribution in [0, 0.1) is 0 Å². The monoisotopic (exact) mass is 359 g/mol. The molecule has 0 aromatic heterocycles. The molecule has 23 heavy (non-hydrogen) atoms. The van der Waals surface area contributed by atoms with Gasteiger partial charge >= 0.3 is 7.82 Å². The van der Waals surface area contributed by atoms with Crippen LogP contribution in [0.15, 0.2) is 0 Å². The van der Waals surface area contributed by atoms with Gasteiger partial charge in [-0.25, -0.2) is 4.57 Å². The molecule has 0 radical (unpaired) electrons. The Bertz CT molecular complexity index is 178. The van der Waals surface area contributed by atoms with E-state index in [1.54, 1.807) is 0 Å². The molecule has 7 nitrogen and oxygen atoms in total. The Labute approximate surface area is 143 Å². The van der Waals surface area contributed by atoms with Crippen molar-refractivity contribution in [3.05, 3.63) is 0 Å². The highest BCUT2D eigenvalue weighted by atomic mass is 31.2. The molecular weight excluding hydrogens is 317 g/mol. The zero-order valence-corrected chi connectivity index (χ0v) is 16.3. The Balaban J connectivity index is -0.000000105. The van der Waals surface area contributed by atoms with E-state index in [2.05, 4.69) is 20.8 Å². The van der Waals surface area contributed by atoms with Crippen molar-refractivity contribution in [1.82, 2.24) is 0 Å². The second-order valence-corrected chi connectivity index (χ2v) is 6.03. The van der Waals surface area contributed by atoms with Gasteiger partial charge in [-0.2, -0.15) is 0 Å². The van der Waals surface area contributed by atoms with Crippen LogP contribution in [0.25, 0.3) is 0 Å². The van der Waals surface area contributed by atoms with Crippen molar-refractivity contribution in [1.29, 1.82) is 0 Å². The molecular formula is C15H42N3O4P. The second kappa shape index (κ2) is 29.9. The van der Waals surface area contributed by atoms with E-state index in [4.69, 9.17) is 36.4 Å². The summed E-state index contributed by atoms with van der Waals surface area (Å²) in [7, 11) is -4.64.